The third-order valence-electron chi connectivity index (χ3n) is 3.41. The predicted molar refractivity (Wildman–Crippen MR) is 80.4 cm³/mol. The maximum atomic E-state index is 9.13. The van der Waals surface area contributed by atoms with E-state index in [2.05, 4.69) is 54.2 Å². The fourth-order valence-electron chi connectivity index (χ4n) is 2.57. The number of nitrogens with zero attached hydrogens (tertiary/aromatic N) is 1. The van der Waals surface area contributed by atoms with Crippen molar-refractivity contribution in [3.05, 3.63) is 36.0 Å². The van der Waals surface area contributed by atoms with Crippen LogP contribution in [0.3, 0.4) is 0 Å². The van der Waals surface area contributed by atoms with E-state index in [9.17, 15) is 0 Å². The van der Waals surface area contributed by atoms with Crippen LogP contribution in [0, 0.1) is 5.92 Å². The second-order valence-corrected chi connectivity index (χ2v) is 5.53. The number of H-pyrrole nitrogens is 1. The molecule has 1 aromatic heterocycles. The quantitative estimate of drug-likeness (QED) is 0.803. The average molecular weight is 260 g/mol. The van der Waals surface area contributed by atoms with Gasteiger partial charge in [0.15, 0.2) is 0 Å². The molecule has 1 heterocycles. The van der Waals surface area contributed by atoms with Crippen LogP contribution in [-0.4, -0.2) is 41.2 Å². The number of aromatic amines is 1. The summed E-state index contributed by atoms with van der Waals surface area (Å²) in [6.45, 7) is 7.48. The lowest BCUT2D eigenvalue weighted by molar-refractivity contribution is 0.183. The van der Waals surface area contributed by atoms with E-state index in [4.69, 9.17) is 5.11 Å². The molecule has 0 aliphatic carbocycles. The van der Waals surface area contributed by atoms with Gasteiger partial charge >= 0.3 is 0 Å². The summed E-state index contributed by atoms with van der Waals surface area (Å²) in [6.07, 6.45) is 3.13. The van der Waals surface area contributed by atoms with Crippen LogP contribution >= 0.6 is 0 Å². The largest absolute Gasteiger partial charge is 0.395 e. The third-order valence-corrected chi connectivity index (χ3v) is 3.41. The molecule has 0 unspecified atom stereocenters. The Bertz CT molecular complexity index is 504. The van der Waals surface area contributed by atoms with E-state index in [0.29, 0.717) is 5.92 Å². The molecule has 0 bridgehead atoms. The van der Waals surface area contributed by atoms with E-state index in [-0.39, 0.29) is 6.61 Å². The molecule has 104 valence electrons. The number of hydrogen-bond acceptors (Lipinski definition) is 2. The van der Waals surface area contributed by atoms with Crippen molar-refractivity contribution >= 4 is 10.9 Å². The van der Waals surface area contributed by atoms with Crippen LogP contribution in [0.25, 0.3) is 10.9 Å². The lowest BCUT2D eigenvalue weighted by atomic mass is 10.1. The maximum absolute atomic E-state index is 9.13. The normalized spacial score (nSPS) is 11.8. The monoisotopic (exact) mass is 260 g/mol. The van der Waals surface area contributed by atoms with Gasteiger partial charge in [0.25, 0.3) is 0 Å². The Kier molecular flexibility index (Phi) is 5.00. The summed E-state index contributed by atoms with van der Waals surface area (Å²) in [5.41, 5.74) is 2.57. The van der Waals surface area contributed by atoms with Gasteiger partial charge in [-0.1, -0.05) is 32.0 Å². The van der Waals surface area contributed by atoms with E-state index >= 15 is 0 Å². The highest BCUT2D eigenvalue weighted by Gasteiger charge is 2.09. The predicted octanol–water partition coefficient (Wildman–Crippen LogP) is 2.66. The Morgan fingerprint density at radius 1 is 1.21 bits per heavy atom. The molecule has 1 aromatic carbocycles. The van der Waals surface area contributed by atoms with Gasteiger partial charge in [0.1, 0.15) is 0 Å². The standard InChI is InChI=1S/C16H24N2O/c1-13(2)12-18(9-10-19)8-7-14-11-17-16-6-4-3-5-15(14)16/h3-6,11,13,17,19H,7-10,12H2,1-2H3. The zero-order valence-corrected chi connectivity index (χ0v) is 11.9. The third kappa shape index (κ3) is 3.82. The van der Waals surface area contributed by atoms with E-state index in [0.717, 1.165) is 26.1 Å². The molecule has 0 amide bonds. The fraction of sp³-hybridized carbons (Fsp3) is 0.500. The van der Waals surface area contributed by atoms with Crippen LogP contribution in [0.15, 0.2) is 30.5 Å². The number of para-hydroxylation sites is 1. The zero-order valence-electron chi connectivity index (χ0n) is 11.9. The Balaban J connectivity index is 2.00. The van der Waals surface area contributed by atoms with Crippen molar-refractivity contribution in [2.75, 3.05) is 26.2 Å². The number of benzene rings is 1. The number of nitrogens with one attached hydrogen (secondary N) is 1. The molecule has 2 aromatic rings. The van der Waals surface area contributed by atoms with Gasteiger partial charge in [0.2, 0.25) is 0 Å². The van der Waals surface area contributed by atoms with Gasteiger partial charge < -0.3 is 15.0 Å². The van der Waals surface area contributed by atoms with Crippen molar-refractivity contribution in [3.63, 3.8) is 0 Å². The molecule has 0 radical (unpaired) electrons. The van der Waals surface area contributed by atoms with Crippen LogP contribution in [0.5, 0.6) is 0 Å². The Labute approximate surface area is 115 Å². The second-order valence-electron chi connectivity index (χ2n) is 5.53. The first-order valence-corrected chi connectivity index (χ1v) is 7.09. The van der Waals surface area contributed by atoms with Crippen LogP contribution in [-0.2, 0) is 6.42 Å². The summed E-state index contributed by atoms with van der Waals surface area (Å²) >= 11 is 0. The van der Waals surface area contributed by atoms with Crippen molar-refractivity contribution in [2.45, 2.75) is 20.3 Å². The molecule has 3 nitrogen and oxygen atoms in total. The smallest absolute Gasteiger partial charge is 0.0558 e. The summed E-state index contributed by atoms with van der Waals surface area (Å²) in [5, 5.41) is 10.4. The Morgan fingerprint density at radius 2 is 2.00 bits per heavy atom. The molecule has 0 saturated carbocycles. The molecule has 0 atom stereocenters. The highest BCUT2D eigenvalue weighted by Crippen LogP contribution is 2.18. The maximum Gasteiger partial charge on any atom is 0.0558 e. The Morgan fingerprint density at radius 3 is 2.74 bits per heavy atom. The minimum atomic E-state index is 0.237. The zero-order chi connectivity index (χ0) is 13.7. The van der Waals surface area contributed by atoms with Crippen LogP contribution in [0.4, 0.5) is 0 Å². The van der Waals surface area contributed by atoms with Gasteiger partial charge in [-0.2, -0.15) is 0 Å². The molecule has 0 spiro atoms. The van der Waals surface area contributed by atoms with Gasteiger partial charge in [-0.25, -0.2) is 0 Å². The van der Waals surface area contributed by atoms with E-state index < -0.39 is 0 Å². The van der Waals surface area contributed by atoms with E-state index in [1.54, 1.807) is 0 Å². The summed E-state index contributed by atoms with van der Waals surface area (Å²) in [5.74, 6) is 0.634. The highest BCUT2D eigenvalue weighted by molar-refractivity contribution is 5.83. The Hall–Kier alpha value is -1.32. The number of aromatic nitrogens is 1. The van der Waals surface area contributed by atoms with Crippen LogP contribution in [0.1, 0.15) is 19.4 Å². The first-order chi connectivity index (χ1) is 9.20. The second kappa shape index (κ2) is 6.73. The molecule has 0 aliphatic heterocycles. The van der Waals surface area contributed by atoms with Gasteiger partial charge in [-0.05, 0) is 24.0 Å². The molecule has 0 aliphatic rings. The molecule has 19 heavy (non-hydrogen) atoms. The van der Waals surface area contributed by atoms with E-state index in [1.807, 2.05) is 0 Å². The van der Waals surface area contributed by atoms with Crippen LogP contribution in [0.2, 0.25) is 0 Å². The summed E-state index contributed by atoms with van der Waals surface area (Å²) in [4.78, 5) is 5.66. The number of fused-ring (bicyclic) bond motifs is 1. The molecule has 0 fully saturated rings. The van der Waals surface area contributed by atoms with Crippen molar-refractivity contribution in [1.29, 1.82) is 0 Å². The van der Waals surface area contributed by atoms with Crippen molar-refractivity contribution in [2.24, 2.45) is 5.92 Å². The first kappa shape index (κ1) is 14.1. The molecule has 2 rings (SSSR count). The molecular weight excluding hydrogens is 236 g/mol. The van der Waals surface area contributed by atoms with Gasteiger partial charge in [0.05, 0.1) is 6.61 Å². The van der Waals surface area contributed by atoms with Crippen molar-refractivity contribution in [1.82, 2.24) is 9.88 Å². The number of aliphatic hydroxyl groups is 1. The lowest BCUT2D eigenvalue weighted by Gasteiger charge is -2.23. The number of aliphatic hydroxyl groups excluding tert-OH is 1. The van der Waals surface area contributed by atoms with Gasteiger partial charge in [-0.15, -0.1) is 0 Å². The van der Waals surface area contributed by atoms with Crippen molar-refractivity contribution in [3.8, 4) is 0 Å². The number of hydrogen-bond donors (Lipinski definition) is 2. The fourth-order valence-corrected chi connectivity index (χ4v) is 2.57. The topological polar surface area (TPSA) is 39.3 Å². The molecule has 3 heteroatoms. The molecule has 0 saturated heterocycles. The van der Waals surface area contributed by atoms with E-state index in [1.165, 1.54) is 16.5 Å². The van der Waals surface area contributed by atoms with Gasteiger partial charge in [0, 0.05) is 36.7 Å². The first-order valence-electron chi connectivity index (χ1n) is 7.09. The summed E-state index contributed by atoms with van der Waals surface area (Å²) in [7, 11) is 0. The summed E-state index contributed by atoms with van der Waals surface area (Å²) in [6, 6.07) is 8.41. The van der Waals surface area contributed by atoms with Gasteiger partial charge in [-0.3, -0.25) is 0 Å². The van der Waals surface area contributed by atoms with Crippen molar-refractivity contribution < 1.29 is 5.11 Å². The number of rotatable bonds is 7. The average Bonchev–Trinajstić information content (AvgIpc) is 2.79. The highest BCUT2D eigenvalue weighted by atomic mass is 16.3. The van der Waals surface area contributed by atoms with Crippen LogP contribution < -0.4 is 0 Å². The SMILES string of the molecule is CC(C)CN(CCO)CCc1c[nH]c2ccccc12. The lowest BCUT2D eigenvalue weighted by Crippen LogP contribution is -2.32. The summed E-state index contributed by atoms with van der Waals surface area (Å²) < 4.78 is 0. The minimum Gasteiger partial charge on any atom is -0.395 e. The molecule has 2 N–H and O–H groups in total. The minimum absolute atomic E-state index is 0.237. The molecular formula is C16H24N2O.